The molecule has 0 saturated heterocycles. The predicted octanol–water partition coefficient (Wildman–Crippen LogP) is 3.30. The summed E-state index contributed by atoms with van der Waals surface area (Å²) in [6, 6.07) is 4.94. The minimum atomic E-state index is 0.272. The van der Waals surface area contributed by atoms with Crippen molar-refractivity contribution in [2.24, 2.45) is 0 Å². The van der Waals surface area contributed by atoms with Crippen molar-refractivity contribution in [3.63, 3.8) is 0 Å². The van der Waals surface area contributed by atoms with Crippen molar-refractivity contribution in [2.45, 2.75) is 46.3 Å². The van der Waals surface area contributed by atoms with Crippen LogP contribution in [0.2, 0.25) is 0 Å². The number of hydrogen-bond donors (Lipinski definition) is 1. The van der Waals surface area contributed by atoms with E-state index in [1.165, 1.54) is 22.3 Å². The van der Waals surface area contributed by atoms with Gasteiger partial charge < -0.3 is 10.1 Å². The number of methoxy groups -OCH3 is 1. The van der Waals surface area contributed by atoms with Gasteiger partial charge in [0.2, 0.25) is 0 Å². The van der Waals surface area contributed by atoms with Crippen molar-refractivity contribution in [3.05, 3.63) is 34.4 Å². The van der Waals surface area contributed by atoms with Gasteiger partial charge in [-0.1, -0.05) is 12.1 Å². The van der Waals surface area contributed by atoms with Crippen LogP contribution in [-0.4, -0.2) is 20.3 Å². The van der Waals surface area contributed by atoms with E-state index in [1.807, 2.05) is 7.05 Å². The van der Waals surface area contributed by atoms with E-state index in [-0.39, 0.29) is 6.10 Å². The second-order valence-electron chi connectivity index (χ2n) is 4.92. The highest BCUT2D eigenvalue weighted by atomic mass is 16.5. The average molecular weight is 235 g/mol. The van der Waals surface area contributed by atoms with E-state index < -0.39 is 0 Å². The normalized spacial score (nSPS) is 14.7. The second kappa shape index (κ2) is 6.18. The summed E-state index contributed by atoms with van der Waals surface area (Å²) in [7, 11) is 3.78. The van der Waals surface area contributed by atoms with E-state index in [9.17, 15) is 0 Å². The first kappa shape index (κ1) is 14.2. The molecule has 0 aliphatic rings. The van der Waals surface area contributed by atoms with E-state index in [0.29, 0.717) is 6.04 Å². The third kappa shape index (κ3) is 3.55. The van der Waals surface area contributed by atoms with Crippen LogP contribution in [0.3, 0.4) is 0 Å². The first-order valence-electron chi connectivity index (χ1n) is 6.27. The van der Waals surface area contributed by atoms with E-state index in [0.717, 1.165) is 6.42 Å². The highest BCUT2D eigenvalue weighted by Crippen LogP contribution is 2.25. The van der Waals surface area contributed by atoms with Gasteiger partial charge in [0.25, 0.3) is 0 Å². The Morgan fingerprint density at radius 3 is 2.24 bits per heavy atom. The van der Waals surface area contributed by atoms with Crippen LogP contribution >= 0.6 is 0 Å². The SMILES string of the molecule is CNC(CC(C)OC)c1cc(C)c(C)cc1C. The van der Waals surface area contributed by atoms with Gasteiger partial charge in [-0.3, -0.25) is 0 Å². The second-order valence-corrected chi connectivity index (χ2v) is 4.92. The molecule has 2 unspecified atom stereocenters. The van der Waals surface area contributed by atoms with Crippen LogP contribution in [0.4, 0.5) is 0 Å². The minimum absolute atomic E-state index is 0.272. The van der Waals surface area contributed by atoms with Crippen molar-refractivity contribution in [1.82, 2.24) is 5.32 Å². The fraction of sp³-hybridized carbons (Fsp3) is 0.600. The van der Waals surface area contributed by atoms with E-state index in [2.05, 4.69) is 45.1 Å². The van der Waals surface area contributed by atoms with Gasteiger partial charge in [-0.2, -0.15) is 0 Å². The van der Waals surface area contributed by atoms with Gasteiger partial charge in [0.05, 0.1) is 6.10 Å². The molecule has 1 aromatic carbocycles. The third-order valence-electron chi connectivity index (χ3n) is 3.58. The van der Waals surface area contributed by atoms with Crippen LogP contribution in [0, 0.1) is 20.8 Å². The molecule has 0 saturated carbocycles. The molecule has 0 aliphatic heterocycles. The van der Waals surface area contributed by atoms with Crippen LogP contribution in [0.25, 0.3) is 0 Å². The lowest BCUT2D eigenvalue weighted by molar-refractivity contribution is 0.101. The number of hydrogen-bond acceptors (Lipinski definition) is 2. The average Bonchev–Trinajstić information content (AvgIpc) is 2.30. The van der Waals surface area contributed by atoms with Crippen LogP contribution in [0.5, 0.6) is 0 Å². The largest absolute Gasteiger partial charge is 0.382 e. The Balaban J connectivity index is 2.99. The molecule has 17 heavy (non-hydrogen) atoms. The van der Waals surface area contributed by atoms with Gasteiger partial charge in [-0.25, -0.2) is 0 Å². The van der Waals surface area contributed by atoms with Gasteiger partial charge >= 0.3 is 0 Å². The molecule has 1 aromatic rings. The molecule has 0 aliphatic carbocycles. The molecule has 0 heterocycles. The molecule has 96 valence electrons. The van der Waals surface area contributed by atoms with Crippen LogP contribution in [0.15, 0.2) is 12.1 Å². The summed E-state index contributed by atoms with van der Waals surface area (Å²) in [6.07, 6.45) is 1.27. The van der Waals surface area contributed by atoms with Gasteiger partial charge in [0, 0.05) is 13.2 Å². The number of aryl methyl sites for hydroxylation is 3. The summed E-state index contributed by atoms with van der Waals surface area (Å²) in [4.78, 5) is 0. The molecule has 0 amide bonds. The smallest absolute Gasteiger partial charge is 0.0561 e. The van der Waals surface area contributed by atoms with E-state index in [1.54, 1.807) is 7.11 Å². The van der Waals surface area contributed by atoms with Crippen LogP contribution in [0.1, 0.15) is 41.6 Å². The van der Waals surface area contributed by atoms with Gasteiger partial charge in [-0.05, 0) is 63.4 Å². The molecule has 0 fully saturated rings. The number of nitrogens with one attached hydrogen (secondary N) is 1. The fourth-order valence-corrected chi connectivity index (χ4v) is 2.19. The van der Waals surface area contributed by atoms with Crippen molar-refractivity contribution in [2.75, 3.05) is 14.2 Å². The van der Waals surface area contributed by atoms with E-state index >= 15 is 0 Å². The van der Waals surface area contributed by atoms with Crippen LogP contribution < -0.4 is 5.32 Å². The highest BCUT2D eigenvalue weighted by molar-refractivity contribution is 5.38. The highest BCUT2D eigenvalue weighted by Gasteiger charge is 2.15. The Hall–Kier alpha value is -0.860. The van der Waals surface area contributed by atoms with Crippen molar-refractivity contribution >= 4 is 0 Å². The molecule has 2 heteroatoms. The Labute approximate surface area is 105 Å². The molecule has 0 bridgehead atoms. The zero-order chi connectivity index (χ0) is 13.0. The number of benzene rings is 1. The van der Waals surface area contributed by atoms with Crippen molar-refractivity contribution < 1.29 is 4.74 Å². The lowest BCUT2D eigenvalue weighted by atomic mass is 9.93. The Bertz CT molecular complexity index is 373. The minimum Gasteiger partial charge on any atom is -0.382 e. The fourth-order valence-electron chi connectivity index (χ4n) is 2.19. The molecular formula is C15H25NO. The van der Waals surface area contributed by atoms with E-state index in [4.69, 9.17) is 4.74 Å². The standard InChI is InChI=1S/C15H25NO/c1-10-7-12(3)14(8-11(10)2)15(16-5)9-13(4)17-6/h7-8,13,15-16H,9H2,1-6H3. The lowest BCUT2D eigenvalue weighted by Gasteiger charge is -2.23. The lowest BCUT2D eigenvalue weighted by Crippen LogP contribution is -2.23. The topological polar surface area (TPSA) is 21.3 Å². The zero-order valence-electron chi connectivity index (χ0n) is 11.9. The molecular weight excluding hydrogens is 210 g/mol. The van der Waals surface area contributed by atoms with Gasteiger partial charge in [0.15, 0.2) is 0 Å². The Morgan fingerprint density at radius 2 is 1.71 bits per heavy atom. The maximum Gasteiger partial charge on any atom is 0.0561 e. The summed E-state index contributed by atoms with van der Waals surface area (Å²) >= 11 is 0. The zero-order valence-corrected chi connectivity index (χ0v) is 11.9. The van der Waals surface area contributed by atoms with Gasteiger partial charge in [-0.15, -0.1) is 0 Å². The van der Waals surface area contributed by atoms with Crippen LogP contribution in [-0.2, 0) is 4.74 Å². The Morgan fingerprint density at radius 1 is 1.12 bits per heavy atom. The molecule has 2 atom stereocenters. The summed E-state index contributed by atoms with van der Waals surface area (Å²) in [5, 5.41) is 3.39. The summed E-state index contributed by atoms with van der Waals surface area (Å²) in [5.74, 6) is 0. The maximum atomic E-state index is 5.36. The number of ether oxygens (including phenoxy) is 1. The first-order chi connectivity index (χ1) is 7.99. The number of rotatable bonds is 5. The third-order valence-corrected chi connectivity index (χ3v) is 3.58. The quantitative estimate of drug-likeness (QED) is 0.845. The predicted molar refractivity (Wildman–Crippen MR) is 73.5 cm³/mol. The molecule has 2 nitrogen and oxygen atoms in total. The van der Waals surface area contributed by atoms with Gasteiger partial charge in [0.1, 0.15) is 0 Å². The molecule has 0 spiro atoms. The summed E-state index contributed by atoms with van der Waals surface area (Å²) < 4.78 is 5.36. The molecule has 0 radical (unpaired) electrons. The molecule has 1 N–H and O–H groups in total. The summed E-state index contributed by atoms with van der Waals surface area (Å²) in [6.45, 7) is 8.63. The molecule has 0 aromatic heterocycles. The maximum absolute atomic E-state index is 5.36. The Kier molecular flexibility index (Phi) is 5.16. The monoisotopic (exact) mass is 235 g/mol. The first-order valence-corrected chi connectivity index (χ1v) is 6.27. The van der Waals surface area contributed by atoms with Crippen molar-refractivity contribution in [1.29, 1.82) is 0 Å². The van der Waals surface area contributed by atoms with Crippen molar-refractivity contribution in [3.8, 4) is 0 Å². The summed E-state index contributed by atoms with van der Waals surface area (Å²) in [5.41, 5.74) is 5.46. The molecule has 1 rings (SSSR count).